The van der Waals surface area contributed by atoms with Crippen molar-refractivity contribution in [2.45, 2.75) is 24.3 Å². The molecule has 1 N–H and O–H groups in total. The standard InChI is InChI=1S/C17H20BrFN4O3S/c1-22-16(15(18)9-21-22)10-20-17(24)12-3-2-8-23(11-12)27(25,26)14-6-4-13(19)5-7-14/h4-7,9,12H,2-3,8,10-11H2,1H3,(H,20,24). The maximum absolute atomic E-state index is 13.1. The molecule has 2 aromatic rings. The molecule has 7 nitrogen and oxygen atoms in total. The van der Waals surface area contributed by atoms with Crippen molar-refractivity contribution >= 4 is 31.9 Å². The molecule has 3 rings (SSSR count). The Kier molecular flexibility index (Phi) is 5.97. The monoisotopic (exact) mass is 458 g/mol. The number of aryl methyl sites for hydroxylation is 1. The fraction of sp³-hybridized carbons (Fsp3) is 0.412. The summed E-state index contributed by atoms with van der Waals surface area (Å²) in [7, 11) is -1.97. The van der Waals surface area contributed by atoms with Crippen LogP contribution in [0.4, 0.5) is 4.39 Å². The minimum atomic E-state index is -3.75. The van der Waals surface area contributed by atoms with Gasteiger partial charge in [-0.2, -0.15) is 9.40 Å². The zero-order chi connectivity index (χ0) is 19.6. The summed E-state index contributed by atoms with van der Waals surface area (Å²) in [6.07, 6.45) is 2.86. The summed E-state index contributed by atoms with van der Waals surface area (Å²) in [5.74, 6) is -1.12. The normalized spacial score (nSPS) is 18.4. The Morgan fingerprint density at radius 1 is 1.37 bits per heavy atom. The molecule has 1 aromatic carbocycles. The van der Waals surface area contributed by atoms with Gasteiger partial charge in [-0.1, -0.05) is 0 Å². The van der Waals surface area contributed by atoms with Crippen LogP contribution in [-0.2, 0) is 28.4 Å². The first-order valence-electron chi connectivity index (χ1n) is 8.49. The van der Waals surface area contributed by atoms with Gasteiger partial charge in [0.05, 0.1) is 33.7 Å². The molecule has 0 radical (unpaired) electrons. The first-order valence-corrected chi connectivity index (χ1v) is 10.7. The summed E-state index contributed by atoms with van der Waals surface area (Å²) >= 11 is 3.38. The molecule has 0 aliphatic carbocycles. The van der Waals surface area contributed by atoms with Crippen molar-refractivity contribution < 1.29 is 17.6 Å². The number of hydrogen-bond acceptors (Lipinski definition) is 4. The molecule has 146 valence electrons. The third-order valence-electron chi connectivity index (χ3n) is 4.65. The number of halogens is 2. The van der Waals surface area contributed by atoms with E-state index in [1.165, 1.54) is 16.4 Å². The number of nitrogens with zero attached hydrogens (tertiary/aromatic N) is 3. The van der Waals surface area contributed by atoms with E-state index >= 15 is 0 Å². The molecule has 27 heavy (non-hydrogen) atoms. The Morgan fingerprint density at radius 3 is 2.70 bits per heavy atom. The van der Waals surface area contributed by atoms with Crippen molar-refractivity contribution in [3.05, 3.63) is 46.4 Å². The van der Waals surface area contributed by atoms with Crippen LogP contribution in [-0.4, -0.2) is 41.5 Å². The van der Waals surface area contributed by atoms with Crippen LogP contribution < -0.4 is 5.32 Å². The highest BCUT2D eigenvalue weighted by molar-refractivity contribution is 9.10. The highest BCUT2D eigenvalue weighted by Gasteiger charge is 2.33. The summed E-state index contributed by atoms with van der Waals surface area (Å²) in [6.45, 7) is 0.756. The second kappa shape index (κ2) is 8.07. The quantitative estimate of drug-likeness (QED) is 0.742. The molecule has 1 fully saturated rings. The van der Waals surface area contributed by atoms with E-state index in [2.05, 4.69) is 26.3 Å². The summed E-state index contributed by atoms with van der Waals surface area (Å²) in [4.78, 5) is 12.6. The van der Waals surface area contributed by atoms with Gasteiger partial charge in [0.25, 0.3) is 0 Å². The lowest BCUT2D eigenvalue weighted by Gasteiger charge is -2.31. The zero-order valence-corrected chi connectivity index (χ0v) is 17.1. The van der Waals surface area contributed by atoms with Gasteiger partial charge in [-0.05, 0) is 53.0 Å². The molecular weight excluding hydrogens is 439 g/mol. The first kappa shape index (κ1) is 20.0. The van der Waals surface area contributed by atoms with Crippen molar-refractivity contribution in [3.8, 4) is 0 Å². The van der Waals surface area contributed by atoms with E-state index in [-0.39, 0.29) is 17.3 Å². The predicted octanol–water partition coefficient (Wildman–Crippen LogP) is 2.04. The van der Waals surface area contributed by atoms with Gasteiger partial charge in [-0.3, -0.25) is 9.48 Å². The molecule has 1 unspecified atom stereocenters. The van der Waals surface area contributed by atoms with Crippen LogP contribution in [0.5, 0.6) is 0 Å². The molecule has 0 bridgehead atoms. The number of carbonyl (C=O) groups is 1. The van der Waals surface area contributed by atoms with Crippen LogP contribution in [0, 0.1) is 11.7 Å². The molecule has 0 spiro atoms. The molecule has 10 heteroatoms. The Labute approximate surface area is 165 Å². The Hall–Kier alpha value is -1.78. The van der Waals surface area contributed by atoms with Gasteiger partial charge in [0.1, 0.15) is 5.82 Å². The SMILES string of the molecule is Cn1ncc(Br)c1CNC(=O)C1CCCN(S(=O)(=O)c2ccc(F)cc2)C1. The first-order chi connectivity index (χ1) is 12.8. The van der Waals surface area contributed by atoms with Gasteiger partial charge in [0.15, 0.2) is 0 Å². The smallest absolute Gasteiger partial charge is 0.243 e. The van der Waals surface area contributed by atoms with Crippen LogP contribution in [0.3, 0.4) is 0 Å². The maximum atomic E-state index is 13.1. The number of piperidine rings is 1. The molecule has 1 saturated heterocycles. The molecule has 1 aliphatic rings. The summed E-state index contributed by atoms with van der Waals surface area (Å²) in [6, 6.07) is 4.72. The van der Waals surface area contributed by atoms with Crippen molar-refractivity contribution in [2.24, 2.45) is 13.0 Å². The topological polar surface area (TPSA) is 84.3 Å². The van der Waals surface area contributed by atoms with Crippen LogP contribution in [0.2, 0.25) is 0 Å². The van der Waals surface area contributed by atoms with E-state index in [1.807, 2.05) is 0 Å². The van der Waals surface area contributed by atoms with E-state index in [0.717, 1.165) is 22.3 Å². The minimum absolute atomic E-state index is 0.0313. The van der Waals surface area contributed by atoms with Crippen LogP contribution in [0.15, 0.2) is 39.8 Å². The van der Waals surface area contributed by atoms with Gasteiger partial charge in [-0.25, -0.2) is 12.8 Å². The number of hydrogen-bond donors (Lipinski definition) is 1. The van der Waals surface area contributed by atoms with Crippen LogP contribution in [0.1, 0.15) is 18.5 Å². The van der Waals surface area contributed by atoms with Gasteiger partial charge < -0.3 is 5.32 Å². The summed E-state index contributed by atoms with van der Waals surface area (Å²) in [5, 5.41) is 6.95. The fourth-order valence-electron chi connectivity index (χ4n) is 3.08. The molecule has 0 saturated carbocycles. The minimum Gasteiger partial charge on any atom is -0.350 e. The van der Waals surface area contributed by atoms with Crippen molar-refractivity contribution in [2.75, 3.05) is 13.1 Å². The summed E-state index contributed by atoms with van der Waals surface area (Å²) < 4.78 is 42.3. The lowest BCUT2D eigenvalue weighted by atomic mass is 9.99. The molecule has 1 aromatic heterocycles. The number of carbonyl (C=O) groups excluding carboxylic acids is 1. The number of amides is 1. The lowest BCUT2D eigenvalue weighted by Crippen LogP contribution is -2.45. The lowest BCUT2D eigenvalue weighted by molar-refractivity contribution is -0.126. The van der Waals surface area contributed by atoms with Gasteiger partial charge in [0.2, 0.25) is 15.9 Å². The van der Waals surface area contributed by atoms with Crippen molar-refractivity contribution in [1.82, 2.24) is 19.4 Å². The van der Waals surface area contributed by atoms with Gasteiger partial charge in [-0.15, -0.1) is 0 Å². The molecule has 1 amide bonds. The number of sulfonamides is 1. The fourth-order valence-corrected chi connectivity index (χ4v) is 5.09. The number of aromatic nitrogens is 2. The zero-order valence-electron chi connectivity index (χ0n) is 14.7. The molecule has 2 heterocycles. The van der Waals surface area contributed by atoms with Crippen LogP contribution >= 0.6 is 15.9 Å². The van der Waals surface area contributed by atoms with Crippen LogP contribution in [0.25, 0.3) is 0 Å². The predicted molar refractivity (Wildman–Crippen MR) is 101 cm³/mol. The maximum Gasteiger partial charge on any atom is 0.243 e. The second-order valence-corrected chi connectivity index (χ2v) is 9.23. The van der Waals surface area contributed by atoms with E-state index < -0.39 is 21.8 Å². The highest BCUT2D eigenvalue weighted by atomic mass is 79.9. The average molecular weight is 459 g/mol. The Morgan fingerprint density at radius 2 is 2.07 bits per heavy atom. The largest absolute Gasteiger partial charge is 0.350 e. The second-order valence-electron chi connectivity index (χ2n) is 6.44. The van der Waals surface area contributed by atoms with Crippen molar-refractivity contribution in [3.63, 3.8) is 0 Å². The highest BCUT2D eigenvalue weighted by Crippen LogP contribution is 2.24. The van der Waals surface area contributed by atoms with E-state index in [4.69, 9.17) is 0 Å². The van der Waals surface area contributed by atoms with E-state index in [0.29, 0.717) is 25.9 Å². The molecular formula is C17H20BrFN4O3S. The van der Waals surface area contributed by atoms with E-state index in [9.17, 15) is 17.6 Å². The summed E-state index contributed by atoms with van der Waals surface area (Å²) in [5.41, 5.74) is 0.829. The van der Waals surface area contributed by atoms with Gasteiger partial charge in [0, 0.05) is 20.1 Å². The van der Waals surface area contributed by atoms with Crippen molar-refractivity contribution in [1.29, 1.82) is 0 Å². The third kappa shape index (κ3) is 4.39. The molecule has 1 atom stereocenters. The van der Waals surface area contributed by atoms with Gasteiger partial charge >= 0.3 is 0 Å². The average Bonchev–Trinajstić information content (AvgIpc) is 2.98. The number of rotatable bonds is 5. The Balaban J connectivity index is 1.66. The third-order valence-corrected chi connectivity index (χ3v) is 7.19. The van der Waals surface area contributed by atoms with E-state index in [1.54, 1.807) is 17.9 Å². The molecule has 1 aliphatic heterocycles. The Bertz CT molecular complexity index is 911. The number of benzene rings is 1. The number of nitrogens with one attached hydrogen (secondary N) is 1.